The van der Waals surface area contributed by atoms with E-state index in [0.29, 0.717) is 12.0 Å². The van der Waals surface area contributed by atoms with Gasteiger partial charge in [0, 0.05) is 18.1 Å². The molecule has 0 radical (unpaired) electrons. The number of carbonyl (C=O) groups is 1. The van der Waals surface area contributed by atoms with Crippen LogP contribution in [0.1, 0.15) is 13.3 Å². The molecule has 1 aliphatic heterocycles. The first-order chi connectivity index (χ1) is 10.1. The summed E-state index contributed by atoms with van der Waals surface area (Å²) in [5.41, 5.74) is -0.106. The second-order valence-corrected chi connectivity index (χ2v) is 5.48. The van der Waals surface area contributed by atoms with E-state index < -0.39 is 29.8 Å². The standard InChI is InChI=1S/C16H22O5/c1-3-16(7-5-4-6-11(8-16)9-17)15-14(19)13(18)12(21-15)10-20-2/h4-9,12-15,18-19H,3,10H2,1-2H3/t12?,13?,14?,15?,16-/m0/s1. The summed E-state index contributed by atoms with van der Waals surface area (Å²) in [4.78, 5) is 11.1. The maximum absolute atomic E-state index is 11.1. The third kappa shape index (κ3) is 3.01. The summed E-state index contributed by atoms with van der Waals surface area (Å²) in [5.74, 6) is 0. The third-order valence-corrected chi connectivity index (χ3v) is 4.21. The van der Waals surface area contributed by atoms with Crippen molar-refractivity contribution in [2.24, 2.45) is 5.41 Å². The lowest BCUT2D eigenvalue weighted by atomic mass is 9.75. The fraction of sp³-hybridized carbons (Fsp3) is 0.562. The summed E-state index contributed by atoms with van der Waals surface area (Å²) in [6, 6.07) is 0. The highest BCUT2D eigenvalue weighted by atomic mass is 16.6. The molecule has 2 aliphatic rings. The van der Waals surface area contributed by atoms with Gasteiger partial charge < -0.3 is 19.7 Å². The minimum absolute atomic E-state index is 0.209. The van der Waals surface area contributed by atoms with E-state index in [2.05, 4.69) is 0 Å². The number of allylic oxidation sites excluding steroid dienone is 4. The molecule has 1 fully saturated rings. The molecule has 0 aromatic heterocycles. The van der Waals surface area contributed by atoms with Crippen molar-refractivity contribution in [1.29, 1.82) is 0 Å². The van der Waals surface area contributed by atoms with Gasteiger partial charge >= 0.3 is 0 Å². The minimum Gasteiger partial charge on any atom is -0.388 e. The van der Waals surface area contributed by atoms with Gasteiger partial charge in [-0.15, -0.1) is 0 Å². The number of aliphatic hydroxyl groups is 2. The maximum atomic E-state index is 11.1. The van der Waals surface area contributed by atoms with Gasteiger partial charge in [0.15, 0.2) is 0 Å². The van der Waals surface area contributed by atoms with Gasteiger partial charge in [-0.25, -0.2) is 0 Å². The van der Waals surface area contributed by atoms with Crippen LogP contribution < -0.4 is 0 Å². The van der Waals surface area contributed by atoms with Crippen LogP contribution in [0.2, 0.25) is 0 Å². The van der Waals surface area contributed by atoms with E-state index in [1.807, 2.05) is 19.1 Å². The zero-order valence-electron chi connectivity index (χ0n) is 12.3. The van der Waals surface area contributed by atoms with Crippen LogP contribution in [0.15, 0.2) is 36.0 Å². The molecule has 0 saturated carbocycles. The van der Waals surface area contributed by atoms with Crippen LogP contribution in [0.3, 0.4) is 0 Å². The first-order valence-corrected chi connectivity index (χ1v) is 7.12. The van der Waals surface area contributed by atoms with Crippen molar-refractivity contribution in [1.82, 2.24) is 0 Å². The molecule has 0 aromatic rings. The summed E-state index contributed by atoms with van der Waals surface area (Å²) in [6.45, 7) is 2.17. The zero-order valence-corrected chi connectivity index (χ0v) is 12.3. The van der Waals surface area contributed by atoms with Crippen LogP contribution in [-0.2, 0) is 14.3 Å². The number of hydrogen-bond acceptors (Lipinski definition) is 5. The van der Waals surface area contributed by atoms with Crippen LogP contribution in [-0.4, -0.2) is 54.6 Å². The third-order valence-electron chi connectivity index (χ3n) is 4.21. The first-order valence-electron chi connectivity index (χ1n) is 7.12. The Morgan fingerprint density at radius 2 is 2.14 bits per heavy atom. The highest BCUT2D eigenvalue weighted by Crippen LogP contribution is 2.41. The molecule has 1 aliphatic carbocycles. The topological polar surface area (TPSA) is 76.0 Å². The van der Waals surface area contributed by atoms with Gasteiger partial charge in [-0.1, -0.05) is 37.3 Å². The molecule has 1 heterocycles. The fourth-order valence-corrected chi connectivity index (χ4v) is 2.97. The normalized spacial score (nSPS) is 39.1. The quantitative estimate of drug-likeness (QED) is 0.733. The van der Waals surface area contributed by atoms with E-state index in [1.54, 1.807) is 18.2 Å². The largest absolute Gasteiger partial charge is 0.388 e. The minimum atomic E-state index is -1.03. The Morgan fingerprint density at radius 3 is 2.76 bits per heavy atom. The number of carbonyl (C=O) groups excluding carboxylic acids is 1. The molecule has 116 valence electrons. The number of aliphatic hydroxyl groups excluding tert-OH is 2. The molecule has 2 rings (SSSR count). The Morgan fingerprint density at radius 1 is 1.38 bits per heavy atom. The molecule has 0 amide bonds. The lowest BCUT2D eigenvalue weighted by Gasteiger charge is -2.34. The molecule has 5 atom stereocenters. The van der Waals surface area contributed by atoms with Crippen LogP contribution in [0.25, 0.3) is 0 Å². The van der Waals surface area contributed by atoms with E-state index in [1.165, 1.54) is 7.11 Å². The highest BCUT2D eigenvalue weighted by molar-refractivity contribution is 5.78. The molecule has 5 heteroatoms. The Labute approximate surface area is 124 Å². The molecular formula is C16H22O5. The van der Waals surface area contributed by atoms with Crippen molar-refractivity contribution in [2.45, 2.75) is 37.8 Å². The van der Waals surface area contributed by atoms with Crippen LogP contribution in [0, 0.1) is 5.41 Å². The number of hydrogen-bond donors (Lipinski definition) is 2. The van der Waals surface area contributed by atoms with Crippen molar-refractivity contribution < 1.29 is 24.5 Å². The summed E-state index contributed by atoms with van der Waals surface area (Å²) in [6.07, 6.45) is 7.23. The van der Waals surface area contributed by atoms with Crippen molar-refractivity contribution in [3.05, 3.63) is 36.0 Å². The second-order valence-electron chi connectivity index (χ2n) is 5.48. The lowest BCUT2D eigenvalue weighted by Crippen LogP contribution is -2.42. The average Bonchev–Trinajstić information content (AvgIpc) is 2.70. The summed E-state index contributed by atoms with van der Waals surface area (Å²) >= 11 is 0. The number of rotatable bonds is 5. The molecule has 4 unspecified atom stereocenters. The average molecular weight is 294 g/mol. The summed E-state index contributed by atoms with van der Waals surface area (Å²) in [5, 5.41) is 20.5. The smallest absolute Gasteiger partial charge is 0.149 e. The van der Waals surface area contributed by atoms with E-state index in [9.17, 15) is 15.0 Å². The van der Waals surface area contributed by atoms with Crippen LogP contribution in [0.4, 0.5) is 0 Å². The predicted octanol–water partition coefficient (Wildman–Crippen LogP) is 0.770. The lowest BCUT2D eigenvalue weighted by molar-refractivity contribution is -0.104. The van der Waals surface area contributed by atoms with Crippen molar-refractivity contribution >= 4 is 6.29 Å². The molecule has 5 nitrogen and oxygen atoms in total. The Hall–Kier alpha value is -1.27. The molecule has 1 saturated heterocycles. The van der Waals surface area contributed by atoms with Gasteiger partial charge in [-0.2, -0.15) is 0 Å². The summed E-state index contributed by atoms with van der Waals surface area (Å²) in [7, 11) is 1.52. The van der Waals surface area contributed by atoms with Crippen LogP contribution in [0.5, 0.6) is 0 Å². The van der Waals surface area contributed by atoms with E-state index >= 15 is 0 Å². The molecule has 0 bridgehead atoms. The molecule has 21 heavy (non-hydrogen) atoms. The summed E-state index contributed by atoms with van der Waals surface area (Å²) < 4.78 is 10.9. The van der Waals surface area contributed by atoms with Gasteiger partial charge in [0.1, 0.15) is 24.6 Å². The predicted molar refractivity (Wildman–Crippen MR) is 77.7 cm³/mol. The fourth-order valence-electron chi connectivity index (χ4n) is 2.97. The van der Waals surface area contributed by atoms with Crippen molar-refractivity contribution in [2.75, 3.05) is 13.7 Å². The van der Waals surface area contributed by atoms with Crippen LogP contribution >= 0.6 is 0 Å². The second kappa shape index (κ2) is 6.66. The van der Waals surface area contributed by atoms with Gasteiger partial charge in [0.2, 0.25) is 0 Å². The maximum Gasteiger partial charge on any atom is 0.149 e. The van der Waals surface area contributed by atoms with Crippen molar-refractivity contribution in [3.8, 4) is 0 Å². The number of ether oxygens (including phenoxy) is 2. The SMILES string of the molecule is CC[C@]1(C2OC(COC)C(O)C2O)C=CC=CC(C=O)=C1. The molecule has 0 spiro atoms. The highest BCUT2D eigenvalue weighted by Gasteiger charge is 2.50. The van der Waals surface area contributed by atoms with E-state index in [0.717, 1.165) is 6.29 Å². The molecule has 0 aromatic carbocycles. The Kier molecular flexibility index (Phi) is 5.11. The Bertz CT molecular complexity index is 467. The van der Waals surface area contributed by atoms with E-state index in [-0.39, 0.29) is 6.61 Å². The van der Waals surface area contributed by atoms with E-state index in [4.69, 9.17) is 9.47 Å². The number of methoxy groups -OCH3 is 1. The molecular weight excluding hydrogens is 272 g/mol. The monoisotopic (exact) mass is 294 g/mol. The first kappa shape index (κ1) is 16.1. The molecule has 2 N–H and O–H groups in total. The van der Waals surface area contributed by atoms with Crippen molar-refractivity contribution in [3.63, 3.8) is 0 Å². The van der Waals surface area contributed by atoms with Gasteiger partial charge in [-0.05, 0) is 6.42 Å². The zero-order chi connectivity index (χ0) is 15.5. The van der Waals surface area contributed by atoms with Gasteiger partial charge in [0.25, 0.3) is 0 Å². The van der Waals surface area contributed by atoms with Gasteiger partial charge in [-0.3, -0.25) is 4.79 Å². The Balaban J connectivity index is 2.34. The number of aldehydes is 1. The van der Waals surface area contributed by atoms with Gasteiger partial charge in [0.05, 0.1) is 12.7 Å².